The molecule has 1 aromatic carbocycles. The standard InChI is InChI=1S/C11H15NO2.2C10H14N2O2.Fe/c1-3-12(4-2)11(14)9-7-5-6-8-10(9)13;2*1-3-12(4-2)10(14)8-5-6-11-7-9(8)13;/h5-8,13H,3-4H2,1-2H3;2*5-7,13H,3-4H2,1-2H3;. The van der Waals surface area contributed by atoms with Gasteiger partial charge in [0.2, 0.25) is 0 Å². The second-order valence-corrected chi connectivity index (χ2v) is 8.74. The summed E-state index contributed by atoms with van der Waals surface area (Å²) in [6.45, 7) is 15.3. The Balaban J connectivity index is 0.000000608. The number of aromatic hydroxyl groups is 3. The molecular weight excluding hydrogens is 594 g/mol. The minimum absolute atomic E-state index is 0. The van der Waals surface area contributed by atoms with Gasteiger partial charge in [0.05, 0.1) is 29.1 Å². The monoisotopic (exact) mass is 637 g/mol. The van der Waals surface area contributed by atoms with Gasteiger partial charge in [-0.2, -0.15) is 0 Å². The van der Waals surface area contributed by atoms with Gasteiger partial charge in [-0.15, -0.1) is 0 Å². The molecule has 3 N–H and O–H groups in total. The molecule has 0 aliphatic carbocycles. The second-order valence-electron chi connectivity index (χ2n) is 8.74. The number of pyridine rings is 2. The molecule has 0 bridgehead atoms. The number of aromatic nitrogens is 2. The summed E-state index contributed by atoms with van der Waals surface area (Å²) in [5.41, 5.74) is 0.989. The normalized spacial score (nSPS) is 9.63. The van der Waals surface area contributed by atoms with Crippen molar-refractivity contribution in [2.45, 2.75) is 41.5 Å². The summed E-state index contributed by atoms with van der Waals surface area (Å²) in [4.78, 5) is 47.7. The minimum atomic E-state index is -0.157. The average molecular weight is 638 g/mol. The molecule has 0 aliphatic rings. The number of para-hydroxylation sites is 1. The Morgan fingerprint density at radius 3 is 1.12 bits per heavy atom. The van der Waals surface area contributed by atoms with E-state index in [1.54, 1.807) is 32.9 Å². The Kier molecular flexibility index (Phi) is 18.7. The fraction of sp³-hybridized carbons (Fsp3) is 0.387. The van der Waals surface area contributed by atoms with Crippen molar-refractivity contribution in [3.8, 4) is 17.2 Å². The van der Waals surface area contributed by atoms with Crippen LogP contribution in [-0.2, 0) is 17.1 Å². The number of carbonyl (C=O) groups excluding carboxylic acids is 3. The number of amides is 3. The number of benzene rings is 1. The zero-order chi connectivity index (χ0) is 31.7. The Morgan fingerprint density at radius 2 is 0.837 bits per heavy atom. The molecule has 0 fully saturated rings. The number of phenols is 1. The minimum Gasteiger partial charge on any atom is -0.507 e. The molecule has 236 valence electrons. The van der Waals surface area contributed by atoms with Gasteiger partial charge >= 0.3 is 0 Å². The first-order chi connectivity index (χ1) is 20.1. The van der Waals surface area contributed by atoms with Crippen LogP contribution in [0.5, 0.6) is 17.2 Å². The van der Waals surface area contributed by atoms with Crippen molar-refractivity contribution >= 4 is 17.7 Å². The van der Waals surface area contributed by atoms with Crippen LogP contribution >= 0.6 is 0 Å². The zero-order valence-corrected chi connectivity index (χ0v) is 26.8. The first kappa shape index (κ1) is 38.8. The van der Waals surface area contributed by atoms with Crippen LogP contribution in [-0.4, -0.2) is 97.0 Å². The number of nitrogens with zero attached hydrogens (tertiary/aromatic N) is 5. The summed E-state index contributed by atoms with van der Waals surface area (Å²) in [6, 6.07) is 9.66. The van der Waals surface area contributed by atoms with Gasteiger partial charge in [0.15, 0.2) is 0 Å². The van der Waals surface area contributed by atoms with E-state index >= 15 is 0 Å². The van der Waals surface area contributed by atoms with Crippen LogP contribution in [0.2, 0.25) is 0 Å². The molecule has 0 saturated carbocycles. The first-order valence-corrected chi connectivity index (χ1v) is 14.0. The molecule has 0 radical (unpaired) electrons. The van der Waals surface area contributed by atoms with E-state index in [2.05, 4.69) is 9.97 Å². The Morgan fingerprint density at radius 1 is 0.535 bits per heavy atom. The fourth-order valence-corrected chi connectivity index (χ4v) is 3.83. The summed E-state index contributed by atoms with van der Waals surface area (Å²) in [5.74, 6) is -0.517. The van der Waals surface area contributed by atoms with E-state index in [4.69, 9.17) is 0 Å². The van der Waals surface area contributed by atoms with Crippen LogP contribution in [0.15, 0.2) is 61.2 Å². The van der Waals surface area contributed by atoms with E-state index in [0.717, 1.165) is 0 Å². The molecule has 3 aromatic rings. The molecule has 0 aliphatic heterocycles. The van der Waals surface area contributed by atoms with Gasteiger partial charge in [0, 0.05) is 68.7 Å². The van der Waals surface area contributed by atoms with E-state index in [-0.39, 0.29) is 52.0 Å². The fourth-order valence-electron chi connectivity index (χ4n) is 3.83. The molecule has 11 nitrogen and oxygen atoms in total. The Labute approximate surface area is 264 Å². The number of hydrogen-bond donors (Lipinski definition) is 3. The average Bonchev–Trinajstić information content (AvgIpc) is 3.00. The number of carbonyl (C=O) groups is 3. The SMILES string of the molecule is CCN(CC)C(=O)c1ccccc1O.CCN(CC)C(=O)c1ccncc1O.CCN(CC)C(=O)c1ccncc1O.[Fe]. The molecule has 0 unspecified atom stereocenters. The Hall–Kier alpha value is -4.15. The third-order valence-corrected chi connectivity index (χ3v) is 6.35. The molecule has 0 saturated heterocycles. The van der Waals surface area contributed by atoms with Gasteiger partial charge in [-0.05, 0) is 65.8 Å². The topological polar surface area (TPSA) is 147 Å². The summed E-state index contributed by atoms with van der Waals surface area (Å²) in [6.07, 6.45) is 5.54. The number of hydrogen-bond acceptors (Lipinski definition) is 8. The molecule has 12 heteroatoms. The van der Waals surface area contributed by atoms with Crippen molar-refractivity contribution in [3.05, 3.63) is 77.9 Å². The van der Waals surface area contributed by atoms with Gasteiger partial charge in [0.1, 0.15) is 17.2 Å². The summed E-state index contributed by atoms with van der Waals surface area (Å²) >= 11 is 0. The van der Waals surface area contributed by atoms with Crippen LogP contribution in [0.1, 0.15) is 72.6 Å². The smallest absolute Gasteiger partial charge is 0.257 e. The maximum absolute atomic E-state index is 11.8. The quantitative estimate of drug-likeness (QED) is 0.293. The Bertz CT molecular complexity index is 1130. The van der Waals surface area contributed by atoms with E-state index in [9.17, 15) is 29.7 Å². The maximum atomic E-state index is 11.8. The predicted molar refractivity (Wildman–Crippen MR) is 162 cm³/mol. The largest absolute Gasteiger partial charge is 0.507 e. The van der Waals surface area contributed by atoms with Gasteiger partial charge in [-0.3, -0.25) is 24.4 Å². The van der Waals surface area contributed by atoms with Gasteiger partial charge in [-0.1, -0.05) is 12.1 Å². The van der Waals surface area contributed by atoms with E-state index in [1.165, 1.54) is 43.0 Å². The molecule has 2 aromatic heterocycles. The van der Waals surface area contributed by atoms with Gasteiger partial charge in [-0.25, -0.2) is 0 Å². The molecule has 2 heterocycles. The summed E-state index contributed by atoms with van der Waals surface area (Å²) < 4.78 is 0. The van der Waals surface area contributed by atoms with Crippen LogP contribution in [0.4, 0.5) is 0 Å². The van der Waals surface area contributed by atoms with Crippen LogP contribution < -0.4 is 0 Å². The van der Waals surface area contributed by atoms with Crippen molar-refractivity contribution in [2.24, 2.45) is 0 Å². The molecule has 3 amide bonds. The first-order valence-electron chi connectivity index (χ1n) is 14.0. The van der Waals surface area contributed by atoms with Crippen molar-refractivity contribution < 1.29 is 46.8 Å². The molecule has 43 heavy (non-hydrogen) atoms. The van der Waals surface area contributed by atoms with Crippen molar-refractivity contribution in [3.63, 3.8) is 0 Å². The van der Waals surface area contributed by atoms with Crippen LogP contribution in [0, 0.1) is 0 Å². The molecular formula is C31H43FeN5O6. The predicted octanol–water partition coefficient (Wildman–Crippen LogP) is 4.41. The second kappa shape index (κ2) is 20.7. The van der Waals surface area contributed by atoms with Gasteiger partial charge in [0.25, 0.3) is 17.7 Å². The van der Waals surface area contributed by atoms with Crippen LogP contribution in [0.3, 0.4) is 0 Å². The molecule has 0 spiro atoms. The number of phenolic OH excluding ortho intramolecular Hbond substituents is 1. The molecule has 0 atom stereocenters. The van der Waals surface area contributed by atoms with E-state index in [1.807, 2.05) is 41.5 Å². The summed E-state index contributed by atoms with van der Waals surface area (Å²) in [7, 11) is 0. The third-order valence-electron chi connectivity index (χ3n) is 6.35. The third kappa shape index (κ3) is 11.6. The van der Waals surface area contributed by atoms with Crippen LogP contribution in [0.25, 0.3) is 0 Å². The zero-order valence-electron chi connectivity index (χ0n) is 25.7. The number of rotatable bonds is 9. The summed E-state index contributed by atoms with van der Waals surface area (Å²) in [5, 5.41) is 28.3. The maximum Gasteiger partial charge on any atom is 0.257 e. The molecule has 3 rings (SSSR count). The van der Waals surface area contributed by atoms with E-state index < -0.39 is 0 Å². The van der Waals surface area contributed by atoms with Crippen molar-refractivity contribution in [2.75, 3.05) is 39.3 Å². The van der Waals surface area contributed by atoms with Crippen molar-refractivity contribution in [1.82, 2.24) is 24.7 Å². The van der Waals surface area contributed by atoms with Crippen molar-refractivity contribution in [1.29, 1.82) is 0 Å². The van der Waals surface area contributed by atoms with Gasteiger partial charge < -0.3 is 30.0 Å². The van der Waals surface area contributed by atoms with E-state index in [0.29, 0.717) is 56.0 Å².